The van der Waals surface area contributed by atoms with E-state index in [9.17, 15) is 9.59 Å². The molecule has 6 heteroatoms. The molecule has 1 N–H and O–H groups in total. The van der Waals surface area contributed by atoms with E-state index in [0.717, 1.165) is 5.56 Å². The molecule has 2 unspecified atom stereocenters. The van der Waals surface area contributed by atoms with Crippen molar-refractivity contribution in [3.63, 3.8) is 0 Å². The lowest BCUT2D eigenvalue weighted by Crippen LogP contribution is -2.35. The molecule has 1 saturated heterocycles. The van der Waals surface area contributed by atoms with Crippen LogP contribution < -0.4 is 5.32 Å². The van der Waals surface area contributed by atoms with Crippen molar-refractivity contribution in [3.05, 3.63) is 35.4 Å². The van der Waals surface area contributed by atoms with Crippen molar-refractivity contribution in [2.45, 2.75) is 30.9 Å². The van der Waals surface area contributed by atoms with Gasteiger partial charge in [0.25, 0.3) is 0 Å². The summed E-state index contributed by atoms with van der Waals surface area (Å²) >= 11 is 1.65. The van der Waals surface area contributed by atoms with Gasteiger partial charge in [-0.1, -0.05) is 24.3 Å². The van der Waals surface area contributed by atoms with Crippen LogP contribution in [0.5, 0.6) is 0 Å². The molecule has 0 spiro atoms. The molecule has 0 radical (unpaired) electrons. The lowest BCUT2D eigenvalue weighted by atomic mass is 10.1. The van der Waals surface area contributed by atoms with Crippen molar-refractivity contribution in [2.24, 2.45) is 0 Å². The molecule has 126 valence electrons. The van der Waals surface area contributed by atoms with E-state index >= 15 is 0 Å². The molecule has 2 rings (SSSR count). The maximum Gasteiger partial charge on any atom is 0.236 e. The van der Waals surface area contributed by atoms with Crippen molar-refractivity contribution < 1.29 is 14.3 Å². The van der Waals surface area contributed by atoms with Crippen LogP contribution in [0, 0.1) is 6.92 Å². The SMILES string of the molecule is COCCNC(=O)CCN1C(=O)C(C)SC1c1ccccc1C. The number of methoxy groups -OCH3 is 1. The summed E-state index contributed by atoms with van der Waals surface area (Å²) in [6, 6.07) is 8.10. The molecule has 2 amide bonds. The van der Waals surface area contributed by atoms with Gasteiger partial charge >= 0.3 is 0 Å². The first-order valence-electron chi connectivity index (χ1n) is 7.81. The van der Waals surface area contributed by atoms with E-state index in [1.165, 1.54) is 5.56 Å². The van der Waals surface area contributed by atoms with Crippen molar-refractivity contribution in [1.29, 1.82) is 0 Å². The van der Waals surface area contributed by atoms with E-state index in [-0.39, 0.29) is 22.4 Å². The van der Waals surface area contributed by atoms with Gasteiger partial charge in [-0.3, -0.25) is 9.59 Å². The highest BCUT2D eigenvalue weighted by molar-refractivity contribution is 8.01. The number of carbonyl (C=O) groups is 2. The molecule has 0 aliphatic carbocycles. The first kappa shape index (κ1) is 17.8. The zero-order valence-corrected chi connectivity index (χ0v) is 14.7. The summed E-state index contributed by atoms with van der Waals surface area (Å²) in [6.45, 7) is 5.41. The van der Waals surface area contributed by atoms with Gasteiger partial charge in [-0.25, -0.2) is 0 Å². The standard InChI is InChI=1S/C17H24N2O3S/c1-12-6-4-5-7-14(12)17-19(16(21)13(2)23-17)10-8-15(20)18-9-11-22-3/h4-7,13,17H,8-11H2,1-3H3,(H,18,20). The number of thioether (sulfide) groups is 1. The zero-order valence-electron chi connectivity index (χ0n) is 13.9. The largest absolute Gasteiger partial charge is 0.383 e. The van der Waals surface area contributed by atoms with Gasteiger partial charge in [-0.15, -0.1) is 11.8 Å². The fourth-order valence-corrected chi connectivity index (χ4v) is 4.02. The van der Waals surface area contributed by atoms with Crippen LogP contribution in [0.1, 0.15) is 29.8 Å². The van der Waals surface area contributed by atoms with Crippen LogP contribution in [0.3, 0.4) is 0 Å². The highest BCUT2D eigenvalue weighted by atomic mass is 32.2. The first-order chi connectivity index (χ1) is 11.0. The highest BCUT2D eigenvalue weighted by Gasteiger charge is 2.38. The fourth-order valence-electron chi connectivity index (χ4n) is 2.61. The van der Waals surface area contributed by atoms with Gasteiger partial charge in [0, 0.05) is 26.6 Å². The van der Waals surface area contributed by atoms with Crippen LogP contribution in [-0.4, -0.2) is 48.8 Å². The minimum atomic E-state index is -0.0730. The van der Waals surface area contributed by atoms with Crippen LogP contribution in [0.15, 0.2) is 24.3 Å². The Morgan fingerprint density at radius 3 is 2.83 bits per heavy atom. The number of ether oxygens (including phenoxy) is 1. The Morgan fingerprint density at radius 2 is 2.13 bits per heavy atom. The zero-order chi connectivity index (χ0) is 16.8. The summed E-state index contributed by atoms with van der Waals surface area (Å²) in [6.07, 6.45) is 0.311. The lowest BCUT2D eigenvalue weighted by Gasteiger charge is -2.25. The van der Waals surface area contributed by atoms with Crippen LogP contribution in [-0.2, 0) is 14.3 Å². The van der Waals surface area contributed by atoms with Crippen molar-refractivity contribution in [3.8, 4) is 0 Å². The summed E-state index contributed by atoms with van der Waals surface area (Å²) in [7, 11) is 1.60. The molecular weight excluding hydrogens is 312 g/mol. The number of amides is 2. The van der Waals surface area contributed by atoms with Crippen LogP contribution in [0.4, 0.5) is 0 Å². The Labute approximate surface area is 141 Å². The predicted octanol–water partition coefficient (Wildman–Crippen LogP) is 2.11. The van der Waals surface area contributed by atoms with Gasteiger partial charge in [-0.05, 0) is 25.0 Å². The lowest BCUT2D eigenvalue weighted by molar-refractivity contribution is -0.130. The summed E-state index contributed by atoms with van der Waals surface area (Å²) in [5.41, 5.74) is 2.32. The molecule has 1 aromatic rings. The molecule has 0 aromatic heterocycles. The van der Waals surface area contributed by atoms with E-state index < -0.39 is 0 Å². The Kier molecular flexibility index (Phi) is 6.47. The van der Waals surface area contributed by atoms with Gasteiger partial charge in [0.2, 0.25) is 11.8 Å². The topological polar surface area (TPSA) is 58.6 Å². The number of nitrogens with zero attached hydrogens (tertiary/aromatic N) is 1. The molecule has 5 nitrogen and oxygen atoms in total. The van der Waals surface area contributed by atoms with Crippen molar-refractivity contribution in [1.82, 2.24) is 10.2 Å². The van der Waals surface area contributed by atoms with Crippen LogP contribution in [0.25, 0.3) is 0 Å². The fraction of sp³-hybridized carbons (Fsp3) is 0.529. The second-order valence-electron chi connectivity index (χ2n) is 5.61. The van der Waals surface area contributed by atoms with Crippen LogP contribution >= 0.6 is 11.8 Å². The second kappa shape index (κ2) is 8.36. The van der Waals surface area contributed by atoms with E-state index in [4.69, 9.17) is 4.74 Å². The van der Waals surface area contributed by atoms with Gasteiger partial charge in [0.1, 0.15) is 5.37 Å². The number of aryl methyl sites for hydroxylation is 1. The Hall–Kier alpha value is -1.53. The molecule has 1 aromatic carbocycles. The van der Waals surface area contributed by atoms with E-state index in [0.29, 0.717) is 26.1 Å². The predicted molar refractivity (Wildman–Crippen MR) is 92.2 cm³/mol. The summed E-state index contributed by atoms with van der Waals surface area (Å²) in [4.78, 5) is 26.1. The second-order valence-corrected chi connectivity index (χ2v) is 7.04. The third kappa shape index (κ3) is 4.48. The summed E-state index contributed by atoms with van der Waals surface area (Å²) in [5, 5.41) is 2.71. The van der Waals surface area contributed by atoms with E-state index in [1.807, 2.05) is 24.0 Å². The van der Waals surface area contributed by atoms with Gasteiger partial charge in [0.05, 0.1) is 11.9 Å². The number of carbonyl (C=O) groups excluding carboxylic acids is 2. The normalized spacial score (nSPS) is 20.8. The first-order valence-corrected chi connectivity index (χ1v) is 8.76. The third-order valence-electron chi connectivity index (χ3n) is 3.91. The molecule has 1 heterocycles. The highest BCUT2D eigenvalue weighted by Crippen LogP contribution is 2.43. The number of rotatable bonds is 7. The Bertz CT molecular complexity index is 565. The van der Waals surface area contributed by atoms with Gasteiger partial charge in [-0.2, -0.15) is 0 Å². The van der Waals surface area contributed by atoms with Crippen molar-refractivity contribution in [2.75, 3.05) is 26.8 Å². The summed E-state index contributed by atoms with van der Waals surface area (Å²) in [5.74, 6) is 0.0517. The maximum absolute atomic E-state index is 12.4. The molecular formula is C17H24N2O3S. The average Bonchev–Trinajstić information content (AvgIpc) is 2.81. The molecule has 1 fully saturated rings. The number of hydrogen-bond donors (Lipinski definition) is 1. The number of hydrogen-bond acceptors (Lipinski definition) is 4. The summed E-state index contributed by atoms with van der Waals surface area (Å²) < 4.78 is 4.91. The van der Waals surface area contributed by atoms with Crippen LogP contribution in [0.2, 0.25) is 0 Å². The van der Waals surface area contributed by atoms with E-state index in [1.54, 1.807) is 18.9 Å². The average molecular weight is 336 g/mol. The Morgan fingerprint density at radius 1 is 1.39 bits per heavy atom. The molecule has 0 saturated carbocycles. The Balaban J connectivity index is 2.01. The van der Waals surface area contributed by atoms with Gasteiger partial charge < -0.3 is 15.0 Å². The monoisotopic (exact) mass is 336 g/mol. The molecule has 1 aliphatic rings. The molecule has 0 bridgehead atoms. The number of nitrogens with one attached hydrogen (secondary N) is 1. The van der Waals surface area contributed by atoms with Crippen molar-refractivity contribution >= 4 is 23.6 Å². The quantitative estimate of drug-likeness (QED) is 0.775. The molecule has 1 aliphatic heterocycles. The molecule has 2 atom stereocenters. The third-order valence-corrected chi connectivity index (χ3v) is 5.29. The minimum Gasteiger partial charge on any atom is -0.383 e. The minimum absolute atomic E-state index is 0.00882. The maximum atomic E-state index is 12.4. The smallest absolute Gasteiger partial charge is 0.236 e. The van der Waals surface area contributed by atoms with Gasteiger partial charge in [0.15, 0.2) is 0 Å². The molecule has 23 heavy (non-hydrogen) atoms. The van der Waals surface area contributed by atoms with E-state index in [2.05, 4.69) is 24.4 Å². The number of benzene rings is 1.